The summed E-state index contributed by atoms with van der Waals surface area (Å²) in [4.78, 5) is 29.1. The molecule has 0 spiro atoms. The number of nitrogens with one attached hydrogen (secondary N) is 1. The fourth-order valence-electron chi connectivity index (χ4n) is 4.79. The predicted molar refractivity (Wildman–Crippen MR) is 153 cm³/mol. The van der Waals surface area contributed by atoms with Crippen LogP contribution in [0.2, 0.25) is 10.0 Å². The first-order chi connectivity index (χ1) is 18.3. The van der Waals surface area contributed by atoms with Crippen molar-refractivity contribution in [2.24, 2.45) is 0 Å². The van der Waals surface area contributed by atoms with E-state index in [1.54, 1.807) is 23.1 Å². The maximum absolute atomic E-state index is 13.8. The molecule has 0 bridgehead atoms. The van der Waals surface area contributed by atoms with E-state index in [0.29, 0.717) is 27.8 Å². The lowest BCUT2D eigenvalue weighted by atomic mass is 10.0. The highest BCUT2D eigenvalue weighted by atomic mass is 35.5. The number of benzene rings is 3. The number of hydrogen-bond donors (Lipinski definition) is 1. The van der Waals surface area contributed by atoms with Crippen molar-refractivity contribution in [2.75, 3.05) is 6.61 Å². The van der Waals surface area contributed by atoms with Gasteiger partial charge in [0.1, 0.15) is 11.8 Å². The van der Waals surface area contributed by atoms with Crippen LogP contribution in [0.25, 0.3) is 0 Å². The summed E-state index contributed by atoms with van der Waals surface area (Å²) < 4.78 is 5.91. The summed E-state index contributed by atoms with van der Waals surface area (Å²) in [6.45, 7) is 3.98. The molecule has 3 aromatic carbocycles. The molecule has 38 heavy (non-hydrogen) atoms. The van der Waals surface area contributed by atoms with E-state index in [1.807, 2.05) is 62.4 Å². The van der Waals surface area contributed by atoms with Gasteiger partial charge in [-0.3, -0.25) is 9.59 Å². The lowest BCUT2D eigenvalue weighted by molar-refractivity contribution is -0.143. The molecule has 1 atom stereocenters. The summed E-state index contributed by atoms with van der Waals surface area (Å²) in [7, 11) is 0. The third kappa shape index (κ3) is 7.52. The van der Waals surface area contributed by atoms with E-state index >= 15 is 0 Å². The van der Waals surface area contributed by atoms with E-state index < -0.39 is 6.04 Å². The van der Waals surface area contributed by atoms with Crippen LogP contribution in [0.5, 0.6) is 5.75 Å². The van der Waals surface area contributed by atoms with Gasteiger partial charge in [0.05, 0.1) is 0 Å². The number of amides is 2. The van der Waals surface area contributed by atoms with Crippen molar-refractivity contribution >= 4 is 35.0 Å². The second kappa shape index (κ2) is 13.2. The molecule has 0 unspecified atom stereocenters. The molecule has 1 aliphatic rings. The first kappa shape index (κ1) is 28.0. The minimum Gasteiger partial charge on any atom is -0.484 e. The lowest BCUT2D eigenvalue weighted by Gasteiger charge is -2.32. The third-order valence-electron chi connectivity index (χ3n) is 7.17. The molecule has 1 N–H and O–H groups in total. The molecule has 0 saturated heterocycles. The number of ether oxygens (including phenoxy) is 1. The molecule has 1 saturated carbocycles. The average molecular weight is 554 g/mol. The number of aryl methyl sites for hydroxylation is 2. The van der Waals surface area contributed by atoms with Crippen molar-refractivity contribution in [1.29, 1.82) is 0 Å². The number of nitrogens with zero attached hydrogens (tertiary/aromatic N) is 1. The Labute approximate surface area is 235 Å². The molecule has 3 aromatic rings. The topological polar surface area (TPSA) is 58.6 Å². The van der Waals surface area contributed by atoms with Gasteiger partial charge in [0.25, 0.3) is 5.91 Å². The van der Waals surface area contributed by atoms with Gasteiger partial charge in [-0.25, -0.2) is 0 Å². The van der Waals surface area contributed by atoms with Crippen LogP contribution in [0.3, 0.4) is 0 Å². The summed E-state index contributed by atoms with van der Waals surface area (Å²) in [5.41, 5.74) is 3.91. The predicted octanol–water partition coefficient (Wildman–Crippen LogP) is 6.69. The van der Waals surface area contributed by atoms with E-state index in [-0.39, 0.29) is 31.0 Å². The molecule has 0 aromatic heterocycles. The molecule has 200 valence electrons. The van der Waals surface area contributed by atoms with Gasteiger partial charge in [0.15, 0.2) is 6.61 Å². The van der Waals surface area contributed by atoms with Crippen LogP contribution in [-0.2, 0) is 22.6 Å². The van der Waals surface area contributed by atoms with Crippen molar-refractivity contribution in [1.82, 2.24) is 10.2 Å². The first-order valence-electron chi connectivity index (χ1n) is 13.1. The zero-order valence-electron chi connectivity index (χ0n) is 21.9. The van der Waals surface area contributed by atoms with Gasteiger partial charge in [-0.1, -0.05) is 78.5 Å². The van der Waals surface area contributed by atoms with Gasteiger partial charge in [0, 0.05) is 29.1 Å². The Kier molecular flexibility index (Phi) is 9.70. The van der Waals surface area contributed by atoms with Gasteiger partial charge >= 0.3 is 0 Å². The monoisotopic (exact) mass is 552 g/mol. The molecule has 0 heterocycles. The largest absolute Gasteiger partial charge is 0.484 e. The van der Waals surface area contributed by atoms with Gasteiger partial charge in [-0.15, -0.1) is 0 Å². The minimum absolute atomic E-state index is 0.128. The van der Waals surface area contributed by atoms with Crippen LogP contribution < -0.4 is 10.1 Å². The van der Waals surface area contributed by atoms with E-state index in [9.17, 15) is 9.59 Å². The summed E-state index contributed by atoms with van der Waals surface area (Å²) in [6, 6.07) is 20.1. The fourth-order valence-corrected chi connectivity index (χ4v) is 5.25. The van der Waals surface area contributed by atoms with Crippen LogP contribution in [-0.4, -0.2) is 35.4 Å². The van der Waals surface area contributed by atoms with Crippen molar-refractivity contribution in [3.63, 3.8) is 0 Å². The van der Waals surface area contributed by atoms with Crippen LogP contribution in [0.15, 0.2) is 66.7 Å². The second-order valence-corrected chi connectivity index (χ2v) is 10.8. The number of rotatable bonds is 10. The number of carbonyl (C=O) groups is 2. The normalized spacial score (nSPS) is 14.2. The standard InChI is InChI=1S/C31H34Cl2N2O3/c1-21-12-15-27(16-22(21)2)38-20-30(36)35(19-24-13-14-25(32)18-28(24)33)29(17-23-8-4-3-5-9-23)31(37)34-26-10-6-7-11-26/h3-5,8-9,12-16,18,26,29H,6-7,10-11,17,19-20H2,1-2H3,(H,34,37)/t29-/m1/s1. The SMILES string of the molecule is Cc1ccc(OCC(=O)N(Cc2ccc(Cl)cc2Cl)[C@H](Cc2ccccc2)C(=O)NC2CCCC2)cc1C. The summed E-state index contributed by atoms with van der Waals surface area (Å²) >= 11 is 12.6. The maximum atomic E-state index is 13.8. The Morgan fingerprint density at radius 3 is 2.39 bits per heavy atom. The molecular weight excluding hydrogens is 519 g/mol. The van der Waals surface area contributed by atoms with E-state index in [2.05, 4.69) is 5.32 Å². The smallest absolute Gasteiger partial charge is 0.261 e. The Morgan fingerprint density at radius 2 is 1.71 bits per heavy atom. The molecule has 0 radical (unpaired) electrons. The lowest BCUT2D eigenvalue weighted by Crippen LogP contribution is -2.53. The molecule has 5 nitrogen and oxygen atoms in total. The summed E-state index contributed by atoms with van der Waals surface area (Å²) in [5, 5.41) is 4.16. The molecular formula is C31H34Cl2N2O3. The third-order valence-corrected chi connectivity index (χ3v) is 7.76. The maximum Gasteiger partial charge on any atom is 0.261 e. The quantitative estimate of drug-likeness (QED) is 0.305. The Bertz CT molecular complexity index is 1260. The molecule has 0 aliphatic heterocycles. The highest BCUT2D eigenvalue weighted by Crippen LogP contribution is 2.25. The Balaban J connectivity index is 1.63. The molecule has 2 amide bonds. The number of hydrogen-bond acceptors (Lipinski definition) is 3. The minimum atomic E-state index is -0.736. The Hall–Kier alpha value is -3.02. The van der Waals surface area contributed by atoms with Crippen molar-refractivity contribution in [3.8, 4) is 5.75 Å². The van der Waals surface area contributed by atoms with Gasteiger partial charge in [-0.2, -0.15) is 0 Å². The fraction of sp³-hybridized carbons (Fsp3) is 0.355. The molecule has 4 rings (SSSR count). The van der Waals surface area contributed by atoms with Crippen molar-refractivity contribution < 1.29 is 14.3 Å². The van der Waals surface area contributed by atoms with E-state index in [0.717, 1.165) is 42.4 Å². The van der Waals surface area contributed by atoms with Crippen molar-refractivity contribution in [2.45, 2.75) is 64.6 Å². The van der Waals surface area contributed by atoms with Crippen LogP contribution in [0.4, 0.5) is 0 Å². The first-order valence-corrected chi connectivity index (χ1v) is 13.8. The highest BCUT2D eigenvalue weighted by Gasteiger charge is 2.32. The summed E-state index contributed by atoms with van der Waals surface area (Å²) in [6.07, 6.45) is 4.48. The van der Waals surface area contributed by atoms with E-state index in [4.69, 9.17) is 27.9 Å². The molecule has 7 heteroatoms. The highest BCUT2D eigenvalue weighted by molar-refractivity contribution is 6.35. The Morgan fingerprint density at radius 1 is 0.974 bits per heavy atom. The molecule has 1 fully saturated rings. The van der Waals surface area contributed by atoms with Crippen LogP contribution in [0, 0.1) is 13.8 Å². The number of halogens is 2. The van der Waals surface area contributed by atoms with Crippen LogP contribution in [0.1, 0.15) is 47.9 Å². The average Bonchev–Trinajstić information content (AvgIpc) is 3.41. The summed E-state index contributed by atoms with van der Waals surface area (Å²) in [5.74, 6) is 0.156. The zero-order chi connectivity index (χ0) is 27.1. The number of carbonyl (C=O) groups excluding carboxylic acids is 2. The van der Waals surface area contributed by atoms with Gasteiger partial charge < -0.3 is 15.0 Å². The van der Waals surface area contributed by atoms with Crippen molar-refractivity contribution in [3.05, 3.63) is 99.0 Å². The van der Waals surface area contributed by atoms with Gasteiger partial charge in [-0.05, 0) is 73.2 Å². The van der Waals surface area contributed by atoms with Gasteiger partial charge in [0.2, 0.25) is 5.91 Å². The zero-order valence-corrected chi connectivity index (χ0v) is 23.4. The second-order valence-electron chi connectivity index (χ2n) is 9.99. The molecule has 1 aliphatic carbocycles. The van der Waals surface area contributed by atoms with Crippen LogP contribution >= 0.6 is 23.2 Å². The van der Waals surface area contributed by atoms with E-state index in [1.165, 1.54) is 0 Å².